The fourth-order valence-corrected chi connectivity index (χ4v) is 3.28. The van der Waals surface area contributed by atoms with Gasteiger partial charge in [0, 0.05) is 16.1 Å². The lowest BCUT2D eigenvalue weighted by Crippen LogP contribution is -2.32. The summed E-state index contributed by atoms with van der Waals surface area (Å²) in [6, 6.07) is 7.52. The van der Waals surface area contributed by atoms with Gasteiger partial charge in [0.15, 0.2) is 17.0 Å². The Bertz CT molecular complexity index is 1030. The number of aromatic nitrogens is 3. The van der Waals surface area contributed by atoms with E-state index in [1.807, 2.05) is 6.92 Å². The number of hydrogen-bond donors (Lipinski definition) is 1. The molecule has 0 aliphatic rings. The minimum Gasteiger partial charge on any atom is -0.348 e. The van der Waals surface area contributed by atoms with E-state index in [0.717, 1.165) is 10.5 Å². The van der Waals surface area contributed by atoms with Crippen molar-refractivity contribution in [1.29, 1.82) is 0 Å². The molecule has 1 atom stereocenters. The third kappa shape index (κ3) is 4.07. The lowest BCUT2D eigenvalue weighted by atomic mass is 10.1. The van der Waals surface area contributed by atoms with Gasteiger partial charge in [0.1, 0.15) is 0 Å². The zero-order valence-corrected chi connectivity index (χ0v) is 18.0. The Labute approximate surface area is 175 Å². The maximum atomic E-state index is 13.7. The van der Waals surface area contributed by atoms with E-state index in [9.17, 15) is 18.0 Å². The first kappa shape index (κ1) is 20.8. The second kappa shape index (κ2) is 7.82. The highest BCUT2D eigenvalue weighted by Gasteiger charge is 2.36. The quantitative estimate of drug-likeness (QED) is 0.497. The molecule has 0 radical (unpaired) electrons. The number of fused-ring (bicyclic) bond motifs is 1. The van der Waals surface area contributed by atoms with E-state index in [1.165, 1.54) is 0 Å². The van der Waals surface area contributed by atoms with Gasteiger partial charge in [-0.3, -0.25) is 4.79 Å². The molecule has 1 N–H and O–H groups in total. The van der Waals surface area contributed by atoms with Crippen LogP contribution >= 0.6 is 31.9 Å². The van der Waals surface area contributed by atoms with E-state index in [2.05, 4.69) is 47.3 Å². The first-order valence-electron chi connectivity index (χ1n) is 8.35. The van der Waals surface area contributed by atoms with Crippen LogP contribution in [0.4, 0.5) is 13.2 Å². The van der Waals surface area contributed by atoms with Gasteiger partial charge in [0.25, 0.3) is 5.91 Å². The Balaban J connectivity index is 2.21. The summed E-state index contributed by atoms with van der Waals surface area (Å²) in [5.74, 6) is -0.565. The van der Waals surface area contributed by atoms with Crippen molar-refractivity contribution in [3.63, 3.8) is 0 Å². The molecule has 0 spiro atoms. The highest BCUT2D eigenvalue weighted by Crippen LogP contribution is 2.34. The predicted molar refractivity (Wildman–Crippen MR) is 106 cm³/mol. The average Bonchev–Trinajstić information content (AvgIpc) is 2.97. The number of hydrogen-bond acceptors (Lipinski definition) is 3. The second-order valence-electron chi connectivity index (χ2n) is 6.21. The Morgan fingerprint density at radius 3 is 2.46 bits per heavy atom. The van der Waals surface area contributed by atoms with E-state index in [1.54, 1.807) is 31.2 Å². The van der Waals surface area contributed by atoms with Gasteiger partial charge in [0.05, 0.1) is 10.2 Å². The van der Waals surface area contributed by atoms with Gasteiger partial charge in [-0.2, -0.15) is 18.3 Å². The predicted octanol–water partition coefficient (Wildman–Crippen LogP) is 5.47. The molecular weight excluding hydrogens is 505 g/mol. The fraction of sp³-hybridized carbons (Fsp3) is 0.278. The summed E-state index contributed by atoms with van der Waals surface area (Å²) in [5, 5.41) is 6.58. The highest BCUT2D eigenvalue weighted by molar-refractivity contribution is 9.11. The summed E-state index contributed by atoms with van der Waals surface area (Å²) in [6.45, 7) is 3.68. The van der Waals surface area contributed by atoms with Crippen LogP contribution in [0.15, 0.2) is 39.3 Å². The largest absolute Gasteiger partial charge is 0.433 e. The molecule has 28 heavy (non-hydrogen) atoms. The summed E-state index contributed by atoms with van der Waals surface area (Å²) < 4.78 is 42.6. The van der Waals surface area contributed by atoms with Crippen molar-refractivity contribution in [2.45, 2.75) is 32.5 Å². The summed E-state index contributed by atoms with van der Waals surface area (Å²) in [6.07, 6.45) is -4.00. The first-order chi connectivity index (χ1) is 13.1. The maximum Gasteiger partial charge on any atom is 0.433 e. The number of halogens is 5. The van der Waals surface area contributed by atoms with Crippen LogP contribution < -0.4 is 5.32 Å². The molecule has 5 nitrogen and oxygen atoms in total. The van der Waals surface area contributed by atoms with Gasteiger partial charge in [0.2, 0.25) is 0 Å². The van der Waals surface area contributed by atoms with Crippen molar-refractivity contribution in [3.8, 4) is 11.3 Å². The monoisotopic (exact) mass is 518 g/mol. The third-order valence-corrected chi connectivity index (χ3v) is 5.43. The minimum absolute atomic E-state index is 0.0814. The van der Waals surface area contributed by atoms with Crippen molar-refractivity contribution < 1.29 is 18.0 Å². The van der Waals surface area contributed by atoms with Crippen LogP contribution in [0, 0.1) is 0 Å². The molecule has 148 valence electrons. The van der Waals surface area contributed by atoms with Crippen molar-refractivity contribution in [2.75, 3.05) is 0 Å². The van der Waals surface area contributed by atoms with Gasteiger partial charge in [-0.1, -0.05) is 35.0 Å². The van der Waals surface area contributed by atoms with Crippen LogP contribution in [-0.2, 0) is 6.18 Å². The van der Waals surface area contributed by atoms with Gasteiger partial charge < -0.3 is 5.32 Å². The first-order valence-corrected chi connectivity index (χ1v) is 9.93. The third-order valence-electron chi connectivity index (χ3n) is 4.17. The fourth-order valence-electron chi connectivity index (χ4n) is 2.50. The smallest absolute Gasteiger partial charge is 0.348 e. The van der Waals surface area contributed by atoms with Crippen molar-refractivity contribution in [2.24, 2.45) is 0 Å². The Morgan fingerprint density at radius 2 is 1.89 bits per heavy atom. The molecule has 1 amide bonds. The molecule has 2 heterocycles. The molecule has 0 bridgehead atoms. The van der Waals surface area contributed by atoms with Crippen molar-refractivity contribution in [3.05, 3.63) is 50.7 Å². The zero-order valence-electron chi connectivity index (χ0n) is 14.8. The van der Waals surface area contributed by atoms with Gasteiger partial charge >= 0.3 is 6.18 Å². The molecule has 10 heteroatoms. The molecule has 0 aliphatic carbocycles. The van der Waals surface area contributed by atoms with Crippen molar-refractivity contribution in [1.82, 2.24) is 19.9 Å². The Hall–Kier alpha value is -1.94. The normalized spacial score (nSPS) is 13.0. The maximum absolute atomic E-state index is 13.7. The zero-order chi connectivity index (χ0) is 20.6. The molecule has 1 aromatic carbocycles. The van der Waals surface area contributed by atoms with E-state index >= 15 is 0 Å². The molecule has 0 saturated heterocycles. The number of nitrogens with one attached hydrogen (secondary N) is 1. The van der Waals surface area contributed by atoms with E-state index < -0.39 is 17.8 Å². The number of amides is 1. The van der Waals surface area contributed by atoms with E-state index in [4.69, 9.17) is 0 Å². The summed E-state index contributed by atoms with van der Waals surface area (Å²) in [4.78, 5) is 16.7. The topological polar surface area (TPSA) is 59.3 Å². The van der Waals surface area contributed by atoms with Crippen LogP contribution in [0.3, 0.4) is 0 Å². The number of rotatable bonds is 4. The molecule has 3 aromatic rings. The lowest BCUT2D eigenvalue weighted by molar-refractivity contribution is -0.142. The minimum atomic E-state index is -4.68. The molecule has 0 aliphatic heterocycles. The number of benzene rings is 1. The molecular formula is C18H15Br2F3N4O. The summed E-state index contributed by atoms with van der Waals surface area (Å²) in [5.41, 5.74) is -0.608. The average molecular weight is 520 g/mol. The molecule has 3 rings (SSSR count). The molecule has 0 saturated carbocycles. The van der Waals surface area contributed by atoms with E-state index in [-0.39, 0.29) is 27.5 Å². The highest BCUT2D eigenvalue weighted by atomic mass is 79.9. The molecule has 2 aromatic heterocycles. The summed E-state index contributed by atoms with van der Waals surface area (Å²) >= 11 is 6.50. The van der Waals surface area contributed by atoms with Crippen LogP contribution in [-0.4, -0.2) is 26.5 Å². The number of carbonyl (C=O) groups is 1. The Kier molecular flexibility index (Phi) is 5.81. The van der Waals surface area contributed by atoms with Crippen molar-refractivity contribution >= 4 is 43.4 Å². The number of nitrogens with zero attached hydrogens (tertiary/aromatic N) is 3. The van der Waals surface area contributed by atoms with Crippen LogP contribution in [0.5, 0.6) is 0 Å². The molecule has 1 unspecified atom stereocenters. The van der Waals surface area contributed by atoms with E-state index in [0.29, 0.717) is 16.5 Å². The van der Waals surface area contributed by atoms with Crippen LogP contribution in [0.25, 0.3) is 16.9 Å². The van der Waals surface area contributed by atoms with Gasteiger partial charge in [-0.05, 0) is 47.5 Å². The summed E-state index contributed by atoms with van der Waals surface area (Å²) in [7, 11) is 0. The number of alkyl halides is 3. The Morgan fingerprint density at radius 1 is 1.25 bits per heavy atom. The van der Waals surface area contributed by atoms with Crippen LogP contribution in [0.1, 0.15) is 36.5 Å². The van der Waals surface area contributed by atoms with Crippen LogP contribution in [0.2, 0.25) is 0 Å². The number of carbonyl (C=O) groups excluding carboxylic acids is 1. The van der Waals surface area contributed by atoms with Gasteiger partial charge in [-0.15, -0.1) is 0 Å². The second-order valence-corrected chi connectivity index (χ2v) is 7.92. The molecule has 0 fully saturated rings. The van der Waals surface area contributed by atoms with Gasteiger partial charge in [-0.25, -0.2) is 9.50 Å². The standard InChI is InChI=1S/C18H15Br2F3N4O/c1-3-9(2)24-17(28)15-14(20)16-25-12(10-4-6-11(19)7-5-10)8-13(18(21,22)23)27(16)26-15/h4-9H,3H2,1-2H3,(H,24,28). The lowest BCUT2D eigenvalue weighted by Gasteiger charge is -2.11. The SMILES string of the molecule is CCC(C)NC(=O)c1nn2c(C(F)(F)F)cc(-c3ccc(Br)cc3)nc2c1Br.